The lowest BCUT2D eigenvalue weighted by Gasteiger charge is -2.31. The van der Waals surface area contributed by atoms with Gasteiger partial charge in [0.1, 0.15) is 5.82 Å². The summed E-state index contributed by atoms with van der Waals surface area (Å²) in [5, 5.41) is 3.46. The van der Waals surface area contributed by atoms with E-state index in [2.05, 4.69) is 37.2 Å². The summed E-state index contributed by atoms with van der Waals surface area (Å²) in [5.41, 5.74) is 2.04. The highest BCUT2D eigenvalue weighted by molar-refractivity contribution is 5.80. The molecule has 0 spiro atoms. The number of morpholine rings is 1. The van der Waals surface area contributed by atoms with Gasteiger partial charge in [-0.25, -0.2) is 4.39 Å². The molecule has 1 aromatic rings. The minimum Gasteiger partial charge on any atom is -0.378 e. The van der Waals surface area contributed by atoms with E-state index in [1.54, 1.807) is 6.07 Å². The normalized spacial score (nSPS) is 23.6. The van der Waals surface area contributed by atoms with Gasteiger partial charge in [-0.3, -0.25) is 9.89 Å². The first kappa shape index (κ1) is 19.2. The van der Waals surface area contributed by atoms with Crippen LogP contribution in [0.3, 0.4) is 0 Å². The molecule has 3 heterocycles. The van der Waals surface area contributed by atoms with E-state index in [0.29, 0.717) is 25.8 Å². The third-order valence-corrected chi connectivity index (χ3v) is 5.87. The second kappa shape index (κ2) is 8.92. The van der Waals surface area contributed by atoms with E-state index in [1.165, 1.54) is 6.07 Å². The number of likely N-dealkylation sites (tertiary alicyclic amines) is 1. The summed E-state index contributed by atoms with van der Waals surface area (Å²) in [6, 6.07) is 5.63. The molecule has 7 heteroatoms. The Balaban J connectivity index is 1.39. The molecule has 0 aliphatic carbocycles. The van der Waals surface area contributed by atoms with Gasteiger partial charge in [0.15, 0.2) is 5.96 Å². The molecule has 0 aromatic heterocycles. The first-order valence-electron chi connectivity index (χ1n) is 10.2. The number of halogens is 1. The predicted octanol–water partition coefficient (Wildman–Crippen LogP) is 1.68. The Morgan fingerprint density at radius 1 is 1.21 bits per heavy atom. The third kappa shape index (κ3) is 4.31. The maximum absolute atomic E-state index is 13.9. The fourth-order valence-corrected chi connectivity index (χ4v) is 4.34. The molecule has 28 heavy (non-hydrogen) atoms. The third-order valence-electron chi connectivity index (χ3n) is 5.87. The van der Waals surface area contributed by atoms with Crippen LogP contribution in [-0.4, -0.2) is 81.3 Å². The van der Waals surface area contributed by atoms with Gasteiger partial charge in [-0.15, -0.1) is 0 Å². The smallest absolute Gasteiger partial charge is 0.193 e. The van der Waals surface area contributed by atoms with Crippen LogP contribution in [0.1, 0.15) is 12.0 Å². The van der Waals surface area contributed by atoms with Crippen molar-refractivity contribution < 1.29 is 9.13 Å². The number of guanidine groups is 1. The second-order valence-electron chi connectivity index (χ2n) is 7.59. The number of hydrogen-bond donors (Lipinski definition) is 1. The summed E-state index contributed by atoms with van der Waals surface area (Å²) >= 11 is 0. The van der Waals surface area contributed by atoms with Crippen LogP contribution in [0.15, 0.2) is 35.3 Å². The SMILES string of the molecule is CN=C(NCc1cc(F)ccc1N1CCOCC1)N1CCC(N2CC=CC2)C1. The molecule has 4 rings (SSSR count). The Labute approximate surface area is 166 Å². The summed E-state index contributed by atoms with van der Waals surface area (Å²) in [5.74, 6) is 0.693. The molecular formula is C21H30FN5O. The topological polar surface area (TPSA) is 43.3 Å². The number of aliphatic imine (C=N–C) groups is 1. The molecule has 0 amide bonds. The molecule has 0 radical (unpaired) electrons. The van der Waals surface area contributed by atoms with Gasteiger partial charge in [-0.05, 0) is 30.2 Å². The van der Waals surface area contributed by atoms with Crippen molar-refractivity contribution in [2.24, 2.45) is 4.99 Å². The Morgan fingerprint density at radius 3 is 2.75 bits per heavy atom. The number of ether oxygens (including phenoxy) is 1. The van der Waals surface area contributed by atoms with Gasteiger partial charge in [0.05, 0.1) is 13.2 Å². The Hall–Kier alpha value is -2.12. The fraction of sp³-hybridized carbons (Fsp3) is 0.571. The molecule has 1 atom stereocenters. The number of benzene rings is 1. The van der Waals surface area contributed by atoms with Crippen molar-refractivity contribution in [1.82, 2.24) is 15.1 Å². The maximum atomic E-state index is 13.9. The van der Waals surface area contributed by atoms with Crippen molar-refractivity contribution in [3.8, 4) is 0 Å². The van der Waals surface area contributed by atoms with Crippen LogP contribution in [0.25, 0.3) is 0 Å². The fourth-order valence-electron chi connectivity index (χ4n) is 4.34. The molecular weight excluding hydrogens is 357 g/mol. The predicted molar refractivity (Wildman–Crippen MR) is 110 cm³/mol. The van der Waals surface area contributed by atoms with E-state index in [4.69, 9.17) is 4.74 Å². The van der Waals surface area contributed by atoms with Crippen molar-refractivity contribution >= 4 is 11.6 Å². The van der Waals surface area contributed by atoms with Gasteiger partial charge in [0.2, 0.25) is 0 Å². The minimum atomic E-state index is -0.202. The largest absolute Gasteiger partial charge is 0.378 e. The number of nitrogens with zero attached hydrogens (tertiary/aromatic N) is 4. The van der Waals surface area contributed by atoms with Gasteiger partial charge in [0.25, 0.3) is 0 Å². The molecule has 1 unspecified atom stereocenters. The molecule has 1 aromatic carbocycles. The van der Waals surface area contributed by atoms with E-state index in [0.717, 1.165) is 62.9 Å². The lowest BCUT2D eigenvalue weighted by Crippen LogP contribution is -2.43. The second-order valence-corrected chi connectivity index (χ2v) is 7.59. The van der Waals surface area contributed by atoms with Crippen LogP contribution >= 0.6 is 0 Å². The highest BCUT2D eigenvalue weighted by Gasteiger charge is 2.29. The Kier molecular flexibility index (Phi) is 6.12. The molecule has 2 saturated heterocycles. The first-order chi connectivity index (χ1) is 13.7. The zero-order valence-corrected chi connectivity index (χ0v) is 16.6. The molecule has 0 bridgehead atoms. The van der Waals surface area contributed by atoms with Gasteiger partial charge in [-0.2, -0.15) is 0 Å². The van der Waals surface area contributed by atoms with Gasteiger partial charge in [-0.1, -0.05) is 12.2 Å². The summed E-state index contributed by atoms with van der Waals surface area (Å²) in [6.45, 7) is 7.76. The van der Waals surface area contributed by atoms with Crippen LogP contribution in [0.5, 0.6) is 0 Å². The van der Waals surface area contributed by atoms with E-state index < -0.39 is 0 Å². The van der Waals surface area contributed by atoms with Crippen molar-refractivity contribution in [3.05, 3.63) is 41.7 Å². The summed E-state index contributed by atoms with van der Waals surface area (Å²) in [6.07, 6.45) is 5.64. The molecule has 6 nitrogen and oxygen atoms in total. The van der Waals surface area contributed by atoms with Gasteiger partial charge < -0.3 is 19.9 Å². The van der Waals surface area contributed by atoms with Crippen LogP contribution in [-0.2, 0) is 11.3 Å². The van der Waals surface area contributed by atoms with Crippen molar-refractivity contribution in [2.75, 3.05) is 64.4 Å². The summed E-state index contributed by atoms with van der Waals surface area (Å²) in [4.78, 5) is 11.6. The van der Waals surface area contributed by atoms with Crippen LogP contribution < -0.4 is 10.2 Å². The first-order valence-corrected chi connectivity index (χ1v) is 10.2. The quantitative estimate of drug-likeness (QED) is 0.484. The Bertz CT molecular complexity index is 724. The standard InChI is InChI=1S/C21H30FN5O/c1-23-21(27-9-6-19(16-27)25-7-2-3-8-25)24-15-17-14-18(22)4-5-20(17)26-10-12-28-13-11-26/h2-5,14,19H,6-13,15-16H2,1H3,(H,23,24). The van der Waals surface area contributed by atoms with Crippen molar-refractivity contribution in [1.29, 1.82) is 0 Å². The lowest BCUT2D eigenvalue weighted by atomic mass is 10.1. The number of rotatable bonds is 4. The van der Waals surface area contributed by atoms with E-state index in [1.807, 2.05) is 13.1 Å². The van der Waals surface area contributed by atoms with Crippen LogP contribution in [0.4, 0.5) is 10.1 Å². The molecule has 1 N–H and O–H groups in total. The number of hydrogen-bond acceptors (Lipinski definition) is 4. The van der Waals surface area contributed by atoms with E-state index in [9.17, 15) is 4.39 Å². The zero-order chi connectivity index (χ0) is 19.3. The maximum Gasteiger partial charge on any atom is 0.193 e. The molecule has 0 saturated carbocycles. The monoisotopic (exact) mass is 387 g/mol. The van der Waals surface area contributed by atoms with Gasteiger partial charge >= 0.3 is 0 Å². The van der Waals surface area contributed by atoms with Crippen LogP contribution in [0, 0.1) is 5.82 Å². The Morgan fingerprint density at radius 2 is 2.00 bits per heavy atom. The average molecular weight is 388 g/mol. The van der Waals surface area contributed by atoms with Crippen molar-refractivity contribution in [3.63, 3.8) is 0 Å². The zero-order valence-electron chi connectivity index (χ0n) is 16.6. The van der Waals surface area contributed by atoms with Crippen molar-refractivity contribution in [2.45, 2.75) is 19.0 Å². The highest BCUT2D eigenvalue weighted by Crippen LogP contribution is 2.23. The van der Waals surface area contributed by atoms with E-state index in [-0.39, 0.29) is 5.82 Å². The molecule has 152 valence electrons. The molecule has 3 aliphatic rings. The summed E-state index contributed by atoms with van der Waals surface area (Å²) < 4.78 is 19.4. The minimum absolute atomic E-state index is 0.202. The average Bonchev–Trinajstić information content (AvgIpc) is 3.41. The summed E-state index contributed by atoms with van der Waals surface area (Å²) in [7, 11) is 1.82. The molecule has 2 fully saturated rings. The van der Waals surface area contributed by atoms with Gasteiger partial charge in [0, 0.05) is 64.6 Å². The van der Waals surface area contributed by atoms with Crippen LogP contribution in [0.2, 0.25) is 0 Å². The number of nitrogens with one attached hydrogen (secondary N) is 1. The lowest BCUT2D eigenvalue weighted by molar-refractivity contribution is 0.122. The van der Waals surface area contributed by atoms with E-state index >= 15 is 0 Å². The molecule has 3 aliphatic heterocycles. The number of anilines is 1. The highest BCUT2D eigenvalue weighted by atomic mass is 19.1.